The summed E-state index contributed by atoms with van der Waals surface area (Å²) in [6.07, 6.45) is 2.92. The SMILES string of the molecule is OC[C@]12CCC[C@H]1N(Cc1ccccc1)C[C@@H](F)C2. The van der Waals surface area contributed by atoms with Crippen LogP contribution in [0.1, 0.15) is 31.2 Å². The second-order valence-corrected chi connectivity index (χ2v) is 6.14. The largest absolute Gasteiger partial charge is 0.396 e. The molecule has 0 amide bonds. The Hall–Kier alpha value is -0.930. The van der Waals surface area contributed by atoms with Gasteiger partial charge in [-0.15, -0.1) is 0 Å². The fourth-order valence-corrected chi connectivity index (χ4v) is 4.06. The highest BCUT2D eigenvalue weighted by Gasteiger charge is 2.50. The first-order valence-corrected chi connectivity index (χ1v) is 7.26. The molecule has 1 aliphatic carbocycles. The number of likely N-dealkylation sites (tertiary alicyclic amines) is 1. The van der Waals surface area contributed by atoms with Crippen molar-refractivity contribution in [2.75, 3.05) is 13.2 Å². The summed E-state index contributed by atoms with van der Waals surface area (Å²) in [7, 11) is 0. The molecular formula is C16H22FNO. The minimum atomic E-state index is -0.801. The second-order valence-electron chi connectivity index (χ2n) is 6.14. The Labute approximate surface area is 114 Å². The van der Waals surface area contributed by atoms with Gasteiger partial charge in [0.2, 0.25) is 0 Å². The van der Waals surface area contributed by atoms with Gasteiger partial charge in [0.1, 0.15) is 6.17 Å². The predicted molar refractivity (Wildman–Crippen MR) is 73.5 cm³/mol. The van der Waals surface area contributed by atoms with E-state index in [2.05, 4.69) is 17.0 Å². The number of piperidine rings is 1. The molecule has 0 radical (unpaired) electrons. The molecule has 0 spiro atoms. The second kappa shape index (κ2) is 5.22. The minimum Gasteiger partial charge on any atom is -0.396 e. The van der Waals surface area contributed by atoms with Crippen LogP contribution in [-0.2, 0) is 6.54 Å². The van der Waals surface area contributed by atoms with Crippen LogP contribution >= 0.6 is 0 Å². The average Bonchev–Trinajstić information content (AvgIpc) is 2.84. The van der Waals surface area contributed by atoms with Crippen LogP contribution in [0.3, 0.4) is 0 Å². The van der Waals surface area contributed by atoms with E-state index in [1.807, 2.05) is 18.2 Å². The summed E-state index contributed by atoms with van der Waals surface area (Å²) in [5.74, 6) is 0. The molecule has 104 valence electrons. The predicted octanol–water partition coefficient (Wildman–Crippen LogP) is 2.76. The molecule has 3 rings (SSSR count). The van der Waals surface area contributed by atoms with E-state index in [0.717, 1.165) is 25.8 Å². The fraction of sp³-hybridized carbons (Fsp3) is 0.625. The van der Waals surface area contributed by atoms with Crippen molar-refractivity contribution >= 4 is 0 Å². The third-order valence-corrected chi connectivity index (χ3v) is 4.90. The van der Waals surface area contributed by atoms with Crippen molar-refractivity contribution in [1.29, 1.82) is 0 Å². The van der Waals surface area contributed by atoms with Gasteiger partial charge in [-0.1, -0.05) is 36.8 Å². The normalized spacial score (nSPS) is 35.3. The highest BCUT2D eigenvalue weighted by molar-refractivity contribution is 5.15. The van der Waals surface area contributed by atoms with Gasteiger partial charge in [0.05, 0.1) is 6.61 Å². The standard InChI is InChI=1S/C16H22FNO/c17-14-9-16(12-19)8-4-7-15(16)18(11-14)10-13-5-2-1-3-6-13/h1-3,5-6,14-15,19H,4,7-12H2/t14-,15+,16+/m0/s1. The van der Waals surface area contributed by atoms with Gasteiger partial charge in [-0.25, -0.2) is 4.39 Å². The summed E-state index contributed by atoms with van der Waals surface area (Å²) in [6, 6.07) is 10.6. The van der Waals surface area contributed by atoms with Crippen molar-refractivity contribution in [3.8, 4) is 0 Å². The van der Waals surface area contributed by atoms with Crippen molar-refractivity contribution in [1.82, 2.24) is 4.90 Å². The first-order valence-electron chi connectivity index (χ1n) is 7.26. The molecule has 1 aromatic rings. The number of hydrogen-bond donors (Lipinski definition) is 1. The molecule has 1 aromatic carbocycles. The molecule has 1 heterocycles. The summed E-state index contributed by atoms with van der Waals surface area (Å²) in [5.41, 5.74) is 1.04. The zero-order valence-electron chi connectivity index (χ0n) is 11.3. The molecule has 19 heavy (non-hydrogen) atoms. The third-order valence-electron chi connectivity index (χ3n) is 4.90. The van der Waals surface area contributed by atoms with Crippen LogP contribution in [0.5, 0.6) is 0 Å². The lowest BCUT2D eigenvalue weighted by Crippen LogP contribution is -2.54. The molecule has 1 saturated heterocycles. The quantitative estimate of drug-likeness (QED) is 0.906. The number of rotatable bonds is 3. The summed E-state index contributed by atoms with van der Waals surface area (Å²) in [5, 5.41) is 9.76. The van der Waals surface area contributed by atoms with E-state index in [1.165, 1.54) is 5.56 Å². The molecule has 2 aliphatic rings. The van der Waals surface area contributed by atoms with Crippen LogP contribution in [-0.4, -0.2) is 35.4 Å². The van der Waals surface area contributed by atoms with Crippen LogP contribution in [0.2, 0.25) is 0 Å². The molecule has 1 saturated carbocycles. The number of aliphatic hydroxyl groups excluding tert-OH is 1. The van der Waals surface area contributed by atoms with Crippen LogP contribution in [0.15, 0.2) is 30.3 Å². The molecule has 2 fully saturated rings. The number of halogens is 1. The Morgan fingerprint density at radius 2 is 2.11 bits per heavy atom. The molecule has 1 aliphatic heterocycles. The first kappa shape index (κ1) is 13.1. The van der Waals surface area contributed by atoms with Gasteiger partial charge in [-0.2, -0.15) is 0 Å². The van der Waals surface area contributed by atoms with Gasteiger partial charge in [-0.3, -0.25) is 4.90 Å². The summed E-state index contributed by atoms with van der Waals surface area (Å²) in [4.78, 5) is 2.26. The molecule has 0 unspecified atom stereocenters. The van der Waals surface area contributed by atoms with Crippen molar-refractivity contribution in [2.24, 2.45) is 5.41 Å². The van der Waals surface area contributed by atoms with Gasteiger partial charge in [0.15, 0.2) is 0 Å². The molecule has 0 aromatic heterocycles. The molecular weight excluding hydrogens is 241 g/mol. The maximum atomic E-state index is 14.1. The fourth-order valence-electron chi connectivity index (χ4n) is 4.06. The maximum absolute atomic E-state index is 14.1. The van der Waals surface area contributed by atoms with Crippen molar-refractivity contribution in [2.45, 2.75) is 44.4 Å². The van der Waals surface area contributed by atoms with Gasteiger partial charge in [-0.05, 0) is 24.8 Å². The van der Waals surface area contributed by atoms with E-state index in [0.29, 0.717) is 19.0 Å². The van der Waals surface area contributed by atoms with Gasteiger partial charge < -0.3 is 5.11 Å². The summed E-state index contributed by atoms with van der Waals surface area (Å²) in [6.45, 7) is 1.44. The van der Waals surface area contributed by atoms with Gasteiger partial charge in [0, 0.05) is 24.5 Å². The van der Waals surface area contributed by atoms with E-state index in [-0.39, 0.29) is 12.0 Å². The lowest BCUT2D eigenvalue weighted by Gasteiger charge is -2.47. The van der Waals surface area contributed by atoms with Gasteiger partial charge >= 0.3 is 0 Å². The van der Waals surface area contributed by atoms with E-state index < -0.39 is 6.17 Å². The minimum absolute atomic E-state index is 0.128. The number of alkyl halides is 1. The van der Waals surface area contributed by atoms with Crippen LogP contribution in [0.25, 0.3) is 0 Å². The molecule has 3 atom stereocenters. The lowest BCUT2D eigenvalue weighted by atomic mass is 9.75. The van der Waals surface area contributed by atoms with Crippen molar-refractivity contribution in [3.05, 3.63) is 35.9 Å². The summed E-state index contributed by atoms with van der Waals surface area (Å²) < 4.78 is 14.1. The van der Waals surface area contributed by atoms with E-state index in [1.54, 1.807) is 0 Å². The highest BCUT2D eigenvalue weighted by Crippen LogP contribution is 2.48. The maximum Gasteiger partial charge on any atom is 0.113 e. The Bertz CT molecular complexity index is 424. The molecule has 3 heteroatoms. The monoisotopic (exact) mass is 263 g/mol. The number of hydrogen-bond acceptors (Lipinski definition) is 2. The van der Waals surface area contributed by atoms with Crippen LogP contribution < -0.4 is 0 Å². The number of nitrogens with zero attached hydrogens (tertiary/aromatic N) is 1. The molecule has 2 nitrogen and oxygen atoms in total. The summed E-state index contributed by atoms with van der Waals surface area (Å²) >= 11 is 0. The number of benzene rings is 1. The van der Waals surface area contributed by atoms with E-state index in [9.17, 15) is 9.50 Å². The number of aliphatic hydroxyl groups is 1. The Morgan fingerprint density at radius 3 is 2.84 bits per heavy atom. The van der Waals surface area contributed by atoms with Gasteiger partial charge in [0.25, 0.3) is 0 Å². The van der Waals surface area contributed by atoms with Crippen LogP contribution in [0.4, 0.5) is 4.39 Å². The van der Waals surface area contributed by atoms with E-state index in [4.69, 9.17) is 0 Å². The zero-order chi connectivity index (χ0) is 13.3. The van der Waals surface area contributed by atoms with E-state index >= 15 is 0 Å². The molecule has 1 N–H and O–H groups in total. The Kier molecular flexibility index (Phi) is 3.59. The zero-order valence-corrected chi connectivity index (χ0v) is 11.3. The topological polar surface area (TPSA) is 23.5 Å². The van der Waals surface area contributed by atoms with Crippen molar-refractivity contribution < 1.29 is 9.50 Å². The smallest absolute Gasteiger partial charge is 0.113 e. The average molecular weight is 263 g/mol. The lowest BCUT2D eigenvalue weighted by molar-refractivity contribution is -0.0447. The Balaban J connectivity index is 1.80. The Morgan fingerprint density at radius 1 is 1.32 bits per heavy atom. The highest BCUT2D eigenvalue weighted by atomic mass is 19.1. The first-order chi connectivity index (χ1) is 9.23. The van der Waals surface area contributed by atoms with Crippen molar-refractivity contribution in [3.63, 3.8) is 0 Å². The number of fused-ring (bicyclic) bond motifs is 1. The molecule has 0 bridgehead atoms. The van der Waals surface area contributed by atoms with Crippen LogP contribution in [0, 0.1) is 5.41 Å². The third kappa shape index (κ3) is 2.41.